The van der Waals surface area contributed by atoms with Crippen molar-refractivity contribution in [2.75, 3.05) is 27.1 Å². The molecule has 0 heterocycles. The number of ether oxygens (including phenoxy) is 3. The summed E-state index contributed by atoms with van der Waals surface area (Å²) in [6, 6.07) is 0. The molecular weight excluding hydrogens is 236 g/mol. The topological polar surface area (TPSA) is 44.8 Å². The number of carbonyl (C=O) groups excluding carboxylic acids is 1. The number of hydrogen-bond acceptors (Lipinski definition) is 4. The molecule has 0 aliphatic heterocycles. The van der Waals surface area contributed by atoms with Crippen LogP contribution in [0, 0.1) is 11.5 Å². The first kappa shape index (κ1) is 15.9. The fraction of sp³-hybridized carbons (Fsp3) is 0.583. The SMILES string of the molecule is COCCOCOC(=O)/C=C\C#C[Si](C)(C)C. The molecule has 0 radical (unpaired) electrons. The highest BCUT2D eigenvalue weighted by Crippen LogP contribution is 1.96. The van der Waals surface area contributed by atoms with Crippen molar-refractivity contribution in [3.8, 4) is 11.5 Å². The van der Waals surface area contributed by atoms with Gasteiger partial charge < -0.3 is 14.2 Å². The summed E-state index contributed by atoms with van der Waals surface area (Å²) in [5, 5.41) is 0. The van der Waals surface area contributed by atoms with Crippen LogP contribution in [0.1, 0.15) is 0 Å². The average Bonchev–Trinajstić information content (AvgIpc) is 2.23. The van der Waals surface area contributed by atoms with Gasteiger partial charge in [0.25, 0.3) is 0 Å². The van der Waals surface area contributed by atoms with Gasteiger partial charge in [0, 0.05) is 13.2 Å². The van der Waals surface area contributed by atoms with E-state index in [-0.39, 0.29) is 6.79 Å². The van der Waals surface area contributed by atoms with E-state index in [1.165, 1.54) is 12.2 Å². The number of methoxy groups -OCH3 is 1. The number of allylic oxidation sites excluding steroid dienone is 1. The Kier molecular flexibility index (Phi) is 8.41. The number of rotatable bonds is 6. The van der Waals surface area contributed by atoms with Gasteiger partial charge in [-0.05, 0) is 6.08 Å². The lowest BCUT2D eigenvalue weighted by molar-refractivity contribution is -0.151. The summed E-state index contributed by atoms with van der Waals surface area (Å²) < 4.78 is 14.5. The third-order valence-corrected chi connectivity index (χ3v) is 2.36. The molecule has 17 heavy (non-hydrogen) atoms. The van der Waals surface area contributed by atoms with Crippen LogP contribution in [0.5, 0.6) is 0 Å². The molecule has 0 saturated heterocycles. The fourth-order valence-electron chi connectivity index (χ4n) is 0.717. The molecule has 0 aromatic heterocycles. The number of carbonyl (C=O) groups is 1. The summed E-state index contributed by atoms with van der Waals surface area (Å²) in [6.07, 6.45) is 2.81. The van der Waals surface area contributed by atoms with E-state index >= 15 is 0 Å². The van der Waals surface area contributed by atoms with E-state index in [0.29, 0.717) is 13.2 Å². The Hall–Kier alpha value is -1.09. The predicted molar refractivity (Wildman–Crippen MR) is 69.0 cm³/mol. The molecule has 5 heteroatoms. The van der Waals surface area contributed by atoms with Crippen molar-refractivity contribution in [1.29, 1.82) is 0 Å². The molecule has 0 amide bonds. The zero-order valence-corrected chi connectivity index (χ0v) is 11.9. The molecule has 0 aliphatic rings. The van der Waals surface area contributed by atoms with Crippen LogP contribution in [0.2, 0.25) is 19.6 Å². The lowest BCUT2D eigenvalue weighted by atomic mass is 10.5. The maximum atomic E-state index is 11.1. The van der Waals surface area contributed by atoms with E-state index in [0.717, 1.165) is 0 Å². The van der Waals surface area contributed by atoms with Crippen LogP contribution in [0.25, 0.3) is 0 Å². The standard InChI is InChI=1S/C12H20O4Si/c1-14-8-9-15-11-16-12(13)7-5-6-10-17(2,3)4/h5,7H,8-9,11H2,1-4H3/b7-5-. The molecule has 0 N–H and O–H groups in total. The van der Waals surface area contributed by atoms with E-state index in [1.807, 2.05) is 0 Å². The molecule has 0 rings (SSSR count). The average molecular weight is 256 g/mol. The monoisotopic (exact) mass is 256 g/mol. The molecule has 0 aromatic carbocycles. The van der Waals surface area contributed by atoms with Crippen molar-refractivity contribution in [3.63, 3.8) is 0 Å². The van der Waals surface area contributed by atoms with Crippen LogP contribution in [0.3, 0.4) is 0 Å². The van der Waals surface area contributed by atoms with Crippen molar-refractivity contribution >= 4 is 14.0 Å². The molecule has 0 spiro atoms. The van der Waals surface area contributed by atoms with E-state index < -0.39 is 14.0 Å². The first-order valence-electron chi connectivity index (χ1n) is 5.38. The van der Waals surface area contributed by atoms with E-state index in [1.54, 1.807) is 7.11 Å². The molecule has 0 saturated carbocycles. The maximum Gasteiger partial charge on any atom is 0.333 e. The van der Waals surface area contributed by atoms with Gasteiger partial charge in [0.05, 0.1) is 13.2 Å². The van der Waals surface area contributed by atoms with Crippen LogP contribution in [-0.4, -0.2) is 41.2 Å². The van der Waals surface area contributed by atoms with Crippen LogP contribution in [0.15, 0.2) is 12.2 Å². The maximum absolute atomic E-state index is 11.1. The number of esters is 1. The van der Waals surface area contributed by atoms with Crippen LogP contribution in [0.4, 0.5) is 0 Å². The van der Waals surface area contributed by atoms with Gasteiger partial charge in [0.1, 0.15) is 8.07 Å². The minimum Gasteiger partial charge on any atom is -0.435 e. The molecular formula is C12H20O4Si. The largest absolute Gasteiger partial charge is 0.435 e. The quantitative estimate of drug-likeness (QED) is 0.181. The zero-order valence-electron chi connectivity index (χ0n) is 10.9. The van der Waals surface area contributed by atoms with Gasteiger partial charge in [-0.2, -0.15) is 0 Å². The van der Waals surface area contributed by atoms with Crippen molar-refractivity contribution in [3.05, 3.63) is 12.2 Å². The second kappa shape index (κ2) is 8.99. The molecule has 0 aliphatic carbocycles. The highest BCUT2D eigenvalue weighted by atomic mass is 28.3. The lowest BCUT2D eigenvalue weighted by Gasteiger charge is -2.03. The van der Waals surface area contributed by atoms with Gasteiger partial charge in [0.2, 0.25) is 0 Å². The van der Waals surface area contributed by atoms with Gasteiger partial charge in [-0.1, -0.05) is 25.6 Å². The van der Waals surface area contributed by atoms with E-state index in [9.17, 15) is 4.79 Å². The minimum atomic E-state index is -1.37. The molecule has 96 valence electrons. The first-order chi connectivity index (χ1) is 7.95. The van der Waals surface area contributed by atoms with Crippen molar-refractivity contribution in [2.24, 2.45) is 0 Å². The summed E-state index contributed by atoms with van der Waals surface area (Å²) in [6.45, 7) is 7.23. The first-order valence-corrected chi connectivity index (χ1v) is 8.88. The van der Waals surface area contributed by atoms with Crippen molar-refractivity contribution in [1.82, 2.24) is 0 Å². The highest BCUT2D eigenvalue weighted by molar-refractivity contribution is 6.83. The Morgan fingerprint density at radius 3 is 2.59 bits per heavy atom. The summed E-state index contributed by atoms with van der Waals surface area (Å²) in [4.78, 5) is 11.1. The third-order valence-electron chi connectivity index (χ3n) is 1.47. The third kappa shape index (κ3) is 12.8. The molecule has 0 bridgehead atoms. The smallest absolute Gasteiger partial charge is 0.333 e. The summed E-state index contributed by atoms with van der Waals surface area (Å²) >= 11 is 0. The van der Waals surface area contributed by atoms with Crippen molar-refractivity contribution in [2.45, 2.75) is 19.6 Å². The Balaban J connectivity index is 3.71. The second-order valence-electron chi connectivity index (χ2n) is 4.33. The Labute approximate surface area is 104 Å². The van der Waals surface area contributed by atoms with Gasteiger partial charge in [0.15, 0.2) is 6.79 Å². The summed E-state index contributed by atoms with van der Waals surface area (Å²) in [7, 11) is 0.206. The predicted octanol–water partition coefficient (Wildman–Crippen LogP) is 1.59. The second-order valence-corrected chi connectivity index (χ2v) is 9.08. The fourth-order valence-corrected chi connectivity index (χ4v) is 1.23. The summed E-state index contributed by atoms with van der Waals surface area (Å²) in [5.74, 6) is 2.38. The normalized spacial score (nSPS) is 11.1. The van der Waals surface area contributed by atoms with Crippen LogP contribution in [-0.2, 0) is 19.0 Å². The summed E-state index contributed by atoms with van der Waals surface area (Å²) in [5.41, 5.74) is 3.11. The van der Waals surface area contributed by atoms with Crippen molar-refractivity contribution < 1.29 is 19.0 Å². The van der Waals surface area contributed by atoms with Crippen LogP contribution < -0.4 is 0 Å². The lowest BCUT2D eigenvalue weighted by Crippen LogP contribution is -2.16. The molecule has 4 nitrogen and oxygen atoms in total. The minimum absolute atomic E-state index is 0.0615. The Morgan fingerprint density at radius 1 is 1.29 bits per heavy atom. The number of hydrogen-bond donors (Lipinski definition) is 0. The van der Waals surface area contributed by atoms with E-state index in [4.69, 9.17) is 14.2 Å². The highest BCUT2D eigenvalue weighted by Gasteiger charge is 2.06. The molecule has 0 aromatic rings. The Bertz CT molecular complexity index is 307. The molecule has 0 atom stereocenters. The van der Waals surface area contributed by atoms with Gasteiger partial charge in [-0.15, -0.1) is 5.54 Å². The zero-order chi connectivity index (χ0) is 13.1. The van der Waals surface area contributed by atoms with Gasteiger partial charge in [-0.3, -0.25) is 0 Å². The van der Waals surface area contributed by atoms with Gasteiger partial charge in [-0.25, -0.2) is 4.79 Å². The Morgan fingerprint density at radius 2 is 2.00 bits per heavy atom. The molecule has 0 fully saturated rings. The van der Waals surface area contributed by atoms with Gasteiger partial charge >= 0.3 is 5.97 Å². The van der Waals surface area contributed by atoms with Crippen LogP contribution >= 0.6 is 0 Å². The van der Waals surface area contributed by atoms with E-state index in [2.05, 4.69) is 31.1 Å². The molecule has 0 unspecified atom stereocenters.